The second kappa shape index (κ2) is 10.7. The largest absolute Gasteiger partial charge is 0.490 e. The van der Waals surface area contributed by atoms with Crippen molar-refractivity contribution >= 4 is 33.4 Å². The summed E-state index contributed by atoms with van der Waals surface area (Å²) in [6.07, 6.45) is -3.21. The molecular formula is C21H23F3N4O4S. The van der Waals surface area contributed by atoms with Crippen molar-refractivity contribution in [3.63, 3.8) is 0 Å². The first-order chi connectivity index (χ1) is 15.8. The van der Waals surface area contributed by atoms with E-state index in [1.807, 2.05) is 13.8 Å². The van der Waals surface area contributed by atoms with Crippen LogP contribution < -0.4 is 24.2 Å². The Labute approximate surface area is 191 Å². The van der Waals surface area contributed by atoms with Crippen LogP contribution in [0.25, 0.3) is 10.9 Å². The molecule has 8 nitrogen and oxygen atoms in total. The number of aromatic nitrogens is 2. The molecule has 0 aliphatic heterocycles. The third-order valence-corrected chi connectivity index (χ3v) is 5.35. The Kier molecular flexibility index (Phi) is 7.92. The summed E-state index contributed by atoms with van der Waals surface area (Å²) in [5.41, 5.74) is 0.694. The highest BCUT2D eigenvalue weighted by atomic mass is 32.2. The summed E-state index contributed by atoms with van der Waals surface area (Å²) in [7, 11) is -0.0636. The molecule has 0 amide bonds. The number of alkyl halides is 3. The predicted molar refractivity (Wildman–Crippen MR) is 119 cm³/mol. The second-order valence-corrected chi connectivity index (χ2v) is 7.98. The van der Waals surface area contributed by atoms with Crippen molar-refractivity contribution in [1.29, 1.82) is 0 Å². The Morgan fingerprint density at radius 3 is 2.30 bits per heavy atom. The highest BCUT2D eigenvalue weighted by Crippen LogP contribution is 2.37. The van der Waals surface area contributed by atoms with Gasteiger partial charge in [0, 0.05) is 11.5 Å². The molecule has 0 saturated carbocycles. The number of ether oxygens (including phenoxy) is 3. The Morgan fingerprint density at radius 1 is 0.970 bits per heavy atom. The van der Waals surface area contributed by atoms with Crippen molar-refractivity contribution in [2.24, 2.45) is 0 Å². The molecule has 0 fully saturated rings. The van der Waals surface area contributed by atoms with Crippen molar-refractivity contribution in [2.45, 2.75) is 24.9 Å². The standard InChI is InChI=1S/C21H23F3N4O4S/c1-4-30-18-9-14-15(10-19(18)31-5-2)26-12-27-20(14)28-16-8-13(33(29)25-3)6-7-17(16)32-11-21(22,23)24/h6-10,12,25H,4-5,11H2,1-3H3,(H,26,27,28). The summed E-state index contributed by atoms with van der Waals surface area (Å²) in [4.78, 5) is 8.83. The van der Waals surface area contributed by atoms with E-state index in [1.54, 1.807) is 12.1 Å². The van der Waals surface area contributed by atoms with Gasteiger partial charge in [-0.15, -0.1) is 0 Å². The first kappa shape index (κ1) is 24.5. The van der Waals surface area contributed by atoms with E-state index in [9.17, 15) is 17.4 Å². The monoisotopic (exact) mass is 484 g/mol. The van der Waals surface area contributed by atoms with Crippen molar-refractivity contribution in [2.75, 3.05) is 32.2 Å². The van der Waals surface area contributed by atoms with Crippen molar-refractivity contribution in [3.05, 3.63) is 36.7 Å². The predicted octanol–water partition coefficient (Wildman–Crippen LogP) is 4.35. The number of nitrogens with one attached hydrogen (secondary N) is 2. The van der Waals surface area contributed by atoms with Gasteiger partial charge in [0.15, 0.2) is 18.1 Å². The smallest absolute Gasteiger partial charge is 0.422 e. The first-order valence-electron chi connectivity index (χ1n) is 9.99. The molecule has 3 rings (SSSR count). The molecule has 1 heterocycles. The van der Waals surface area contributed by atoms with E-state index < -0.39 is 23.8 Å². The van der Waals surface area contributed by atoms with E-state index >= 15 is 0 Å². The topological polar surface area (TPSA) is 94.6 Å². The number of hydrogen-bond donors (Lipinski definition) is 2. The molecule has 3 aromatic rings. The van der Waals surface area contributed by atoms with E-state index in [4.69, 9.17) is 14.2 Å². The molecule has 0 aliphatic rings. The lowest BCUT2D eigenvalue weighted by Crippen LogP contribution is -2.19. The Hall–Kier alpha value is -3.12. The minimum Gasteiger partial charge on any atom is -0.490 e. The summed E-state index contributed by atoms with van der Waals surface area (Å²) >= 11 is 0. The molecule has 33 heavy (non-hydrogen) atoms. The Bertz CT molecular complexity index is 1140. The first-order valence-corrected chi connectivity index (χ1v) is 11.1. The van der Waals surface area contributed by atoms with Crippen LogP contribution in [-0.4, -0.2) is 47.2 Å². The molecule has 1 unspecified atom stereocenters. The summed E-state index contributed by atoms with van der Waals surface area (Å²) in [6.45, 7) is 3.02. The maximum atomic E-state index is 12.7. The minimum absolute atomic E-state index is 0.0769. The zero-order valence-electron chi connectivity index (χ0n) is 18.2. The molecule has 1 atom stereocenters. The number of anilines is 2. The molecular weight excluding hydrogens is 461 g/mol. The third kappa shape index (κ3) is 6.23. The highest BCUT2D eigenvalue weighted by Gasteiger charge is 2.29. The van der Waals surface area contributed by atoms with Crippen LogP contribution in [0, 0.1) is 0 Å². The molecule has 1 aromatic heterocycles. The van der Waals surface area contributed by atoms with Crippen LogP contribution >= 0.6 is 0 Å². The number of hydrogen-bond acceptors (Lipinski definition) is 7. The van der Waals surface area contributed by atoms with Crippen LogP contribution in [0.3, 0.4) is 0 Å². The van der Waals surface area contributed by atoms with Gasteiger partial charge in [0.1, 0.15) is 28.9 Å². The summed E-state index contributed by atoms with van der Waals surface area (Å²) < 4.78 is 69.2. The number of halogens is 3. The quantitative estimate of drug-likeness (QED) is 0.442. The van der Waals surface area contributed by atoms with Crippen LogP contribution in [0.4, 0.5) is 24.7 Å². The maximum Gasteiger partial charge on any atom is 0.422 e. The van der Waals surface area contributed by atoms with Gasteiger partial charge in [0.2, 0.25) is 0 Å². The summed E-state index contributed by atoms with van der Waals surface area (Å²) in [5.74, 6) is 1.21. The normalized spacial score (nSPS) is 12.4. The number of benzene rings is 2. The Morgan fingerprint density at radius 2 is 1.67 bits per heavy atom. The van der Waals surface area contributed by atoms with Gasteiger partial charge in [0.25, 0.3) is 0 Å². The molecule has 2 N–H and O–H groups in total. The number of rotatable bonds is 10. The van der Waals surface area contributed by atoms with Gasteiger partial charge in [-0.1, -0.05) is 0 Å². The lowest BCUT2D eigenvalue weighted by molar-refractivity contribution is -0.153. The Balaban J connectivity index is 2.07. The lowest BCUT2D eigenvalue weighted by atomic mass is 10.2. The second-order valence-electron chi connectivity index (χ2n) is 6.56. The van der Waals surface area contributed by atoms with Crippen LogP contribution in [0.5, 0.6) is 17.2 Å². The molecule has 0 bridgehead atoms. The fourth-order valence-electron chi connectivity index (χ4n) is 2.95. The zero-order chi connectivity index (χ0) is 24.0. The fourth-order valence-corrected chi connectivity index (χ4v) is 3.61. The third-order valence-electron chi connectivity index (χ3n) is 4.30. The minimum atomic E-state index is -4.52. The van der Waals surface area contributed by atoms with Gasteiger partial charge >= 0.3 is 6.18 Å². The number of fused-ring (bicyclic) bond motifs is 1. The van der Waals surface area contributed by atoms with Crippen molar-refractivity contribution < 1.29 is 31.6 Å². The van der Waals surface area contributed by atoms with Crippen LogP contribution in [0.1, 0.15) is 13.8 Å². The van der Waals surface area contributed by atoms with E-state index in [0.29, 0.717) is 46.3 Å². The molecule has 12 heteroatoms. The molecule has 0 radical (unpaired) electrons. The van der Waals surface area contributed by atoms with Gasteiger partial charge in [-0.2, -0.15) is 13.2 Å². The van der Waals surface area contributed by atoms with Gasteiger partial charge in [0.05, 0.1) is 29.3 Å². The van der Waals surface area contributed by atoms with Gasteiger partial charge in [-0.25, -0.2) is 18.9 Å². The van der Waals surface area contributed by atoms with Gasteiger partial charge in [-0.05, 0) is 45.2 Å². The molecule has 178 valence electrons. The number of nitrogens with zero attached hydrogens (tertiary/aromatic N) is 2. The van der Waals surface area contributed by atoms with E-state index in [-0.39, 0.29) is 11.4 Å². The van der Waals surface area contributed by atoms with Crippen LogP contribution in [0.2, 0.25) is 0 Å². The van der Waals surface area contributed by atoms with Crippen LogP contribution in [0.15, 0.2) is 41.6 Å². The van der Waals surface area contributed by atoms with E-state index in [0.717, 1.165) is 0 Å². The van der Waals surface area contributed by atoms with E-state index in [1.165, 1.54) is 31.6 Å². The average Bonchev–Trinajstić information content (AvgIpc) is 2.78. The van der Waals surface area contributed by atoms with E-state index in [2.05, 4.69) is 20.0 Å². The average molecular weight is 485 g/mol. The molecule has 0 saturated heterocycles. The fraction of sp³-hybridized carbons (Fsp3) is 0.333. The highest BCUT2D eigenvalue weighted by molar-refractivity contribution is 7.83. The lowest BCUT2D eigenvalue weighted by Gasteiger charge is -2.17. The van der Waals surface area contributed by atoms with Crippen molar-refractivity contribution in [1.82, 2.24) is 14.7 Å². The summed E-state index contributed by atoms with van der Waals surface area (Å²) in [6, 6.07) is 7.57. The molecule has 0 aliphatic carbocycles. The summed E-state index contributed by atoms with van der Waals surface area (Å²) in [5, 5.41) is 3.54. The van der Waals surface area contributed by atoms with Crippen molar-refractivity contribution in [3.8, 4) is 17.2 Å². The molecule has 2 aromatic carbocycles. The van der Waals surface area contributed by atoms with Crippen LogP contribution in [-0.2, 0) is 11.0 Å². The zero-order valence-corrected chi connectivity index (χ0v) is 19.0. The van der Waals surface area contributed by atoms with Gasteiger partial charge in [-0.3, -0.25) is 0 Å². The van der Waals surface area contributed by atoms with Gasteiger partial charge < -0.3 is 19.5 Å². The SMILES string of the molecule is CCOc1cc2ncnc(Nc3cc(S(=O)NC)ccc3OCC(F)(F)F)c2cc1OCC. The molecule has 0 spiro atoms. The maximum absolute atomic E-state index is 12.7.